The Labute approximate surface area is 186 Å². The number of rotatable bonds is 5. The number of likely N-dealkylation sites (N-methyl/N-ethyl adjacent to an activating group) is 1. The fourth-order valence-corrected chi connectivity index (χ4v) is 4.95. The van der Waals surface area contributed by atoms with Crippen LogP contribution in [-0.2, 0) is 4.79 Å². The zero-order valence-electron chi connectivity index (χ0n) is 19.0. The van der Waals surface area contributed by atoms with Crippen molar-refractivity contribution in [2.45, 2.75) is 63.1 Å². The van der Waals surface area contributed by atoms with E-state index >= 15 is 0 Å². The van der Waals surface area contributed by atoms with E-state index in [1.54, 1.807) is 19.0 Å². The lowest BCUT2D eigenvalue weighted by molar-refractivity contribution is -0.127. The van der Waals surface area contributed by atoms with Crippen molar-refractivity contribution in [1.29, 1.82) is 0 Å². The molecular weight excluding hydrogens is 390 g/mol. The minimum absolute atomic E-state index is 0.00419. The van der Waals surface area contributed by atoms with Gasteiger partial charge in [-0.2, -0.15) is 0 Å². The number of benzene rings is 1. The van der Waals surface area contributed by atoms with Crippen molar-refractivity contribution in [3.63, 3.8) is 0 Å². The van der Waals surface area contributed by atoms with Gasteiger partial charge in [-0.3, -0.25) is 4.79 Å². The van der Waals surface area contributed by atoms with Gasteiger partial charge >= 0.3 is 0 Å². The largest absolute Gasteiger partial charge is 0.493 e. The van der Waals surface area contributed by atoms with Gasteiger partial charge in [-0.25, -0.2) is 4.99 Å². The Morgan fingerprint density at radius 1 is 1.10 bits per heavy atom. The molecule has 4 rings (SSSR count). The van der Waals surface area contributed by atoms with Crippen LogP contribution in [0.15, 0.2) is 29.3 Å². The van der Waals surface area contributed by atoms with E-state index in [0.29, 0.717) is 12.6 Å². The maximum absolute atomic E-state index is 12.2. The maximum Gasteiger partial charge on any atom is 0.243 e. The summed E-state index contributed by atoms with van der Waals surface area (Å²) in [5.74, 6) is 1.67. The Kier molecular flexibility index (Phi) is 7.33. The highest BCUT2D eigenvalue weighted by Crippen LogP contribution is 2.31. The molecule has 1 aliphatic carbocycles. The molecule has 2 fully saturated rings. The summed E-state index contributed by atoms with van der Waals surface area (Å²) in [5, 5.41) is 7.23. The van der Waals surface area contributed by atoms with E-state index in [1.807, 2.05) is 18.2 Å². The lowest BCUT2D eigenvalue weighted by Gasteiger charge is -2.37. The van der Waals surface area contributed by atoms with E-state index in [4.69, 9.17) is 4.74 Å². The third kappa shape index (κ3) is 5.70. The minimum atomic E-state index is 0.00419. The highest BCUT2D eigenvalue weighted by Gasteiger charge is 2.28. The van der Waals surface area contributed by atoms with E-state index < -0.39 is 0 Å². The Morgan fingerprint density at radius 3 is 2.58 bits per heavy atom. The summed E-state index contributed by atoms with van der Waals surface area (Å²) in [6, 6.07) is 9.47. The van der Waals surface area contributed by atoms with Crippen LogP contribution in [-0.4, -0.2) is 74.1 Å². The van der Waals surface area contributed by atoms with Crippen molar-refractivity contribution >= 4 is 11.9 Å². The van der Waals surface area contributed by atoms with Crippen LogP contribution in [0, 0.1) is 0 Å². The Balaban J connectivity index is 1.40. The SMILES string of the molecule is CN(C)C(=O)CN=C(NC1CCN(C2CCCC2)CC1)NC1CCOc2ccccc21. The molecule has 1 saturated heterocycles. The molecule has 7 heteroatoms. The number of carbonyl (C=O) groups excluding carboxylic acids is 1. The second-order valence-electron chi connectivity index (χ2n) is 9.22. The number of hydrogen-bond acceptors (Lipinski definition) is 4. The van der Waals surface area contributed by atoms with Gasteiger partial charge in [0.05, 0.1) is 12.6 Å². The first-order valence-electron chi connectivity index (χ1n) is 11.8. The summed E-state index contributed by atoms with van der Waals surface area (Å²) < 4.78 is 5.81. The van der Waals surface area contributed by atoms with E-state index in [9.17, 15) is 4.79 Å². The number of guanidine groups is 1. The van der Waals surface area contributed by atoms with Crippen LogP contribution >= 0.6 is 0 Å². The molecule has 1 aromatic carbocycles. The summed E-state index contributed by atoms with van der Waals surface area (Å²) in [6.45, 7) is 3.12. The highest BCUT2D eigenvalue weighted by atomic mass is 16.5. The van der Waals surface area contributed by atoms with Crippen molar-refractivity contribution in [1.82, 2.24) is 20.4 Å². The van der Waals surface area contributed by atoms with Gasteiger partial charge in [0.15, 0.2) is 5.96 Å². The van der Waals surface area contributed by atoms with E-state index in [-0.39, 0.29) is 18.5 Å². The van der Waals surface area contributed by atoms with Gasteiger partial charge in [-0.05, 0) is 31.7 Å². The Bertz CT molecular complexity index is 767. The van der Waals surface area contributed by atoms with Crippen LogP contribution in [0.25, 0.3) is 0 Å². The second-order valence-corrected chi connectivity index (χ2v) is 9.22. The van der Waals surface area contributed by atoms with Crippen molar-refractivity contribution < 1.29 is 9.53 Å². The Morgan fingerprint density at radius 2 is 1.84 bits per heavy atom. The molecule has 170 valence electrons. The van der Waals surface area contributed by atoms with Gasteiger partial charge in [0, 0.05) is 51.3 Å². The molecule has 1 amide bonds. The molecule has 2 aliphatic heterocycles. The van der Waals surface area contributed by atoms with Crippen LogP contribution < -0.4 is 15.4 Å². The van der Waals surface area contributed by atoms with E-state index in [2.05, 4.69) is 26.6 Å². The third-order valence-electron chi connectivity index (χ3n) is 6.85. The molecule has 2 N–H and O–H groups in total. The molecule has 1 aromatic rings. The van der Waals surface area contributed by atoms with Crippen molar-refractivity contribution in [3.8, 4) is 5.75 Å². The fraction of sp³-hybridized carbons (Fsp3) is 0.667. The van der Waals surface area contributed by atoms with Gasteiger partial charge in [-0.1, -0.05) is 31.0 Å². The number of nitrogens with one attached hydrogen (secondary N) is 2. The average molecular weight is 428 g/mol. The first kappa shape index (κ1) is 21.9. The topological polar surface area (TPSA) is 69.2 Å². The molecule has 0 aromatic heterocycles. The molecule has 1 unspecified atom stereocenters. The molecule has 1 atom stereocenters. The molecule has 7 nitrogen and oxygen atoms in total. The minimum Gasteiger partial charge on any atom is -0.493 e. The van der Waals surface area contributed by atoms with Crippen LogP contribution in [0.3, 0.4) is 0 Å². The first-order valence-corrected chi connectivity index (χ1v) is 11.8. The lowest BCUT2D eigenvalue weighted by atomic mass is 10.0. The summed E-state index contributed by atoms with van der Waals surface area (Å²) in [7, 11) is 3.54. The zero-order valence-corrected chi connectivity index (χ0v) is 19.0. The van der Waals surface area contributed by atoms with Crippen molar-refractivity contribution in [3.05, 3.63) is 29.8 Å². The van der Waals surface area contributed by atoms with Crippen molar-refractivity contribution in [2.75, 3.05) is 40.3 Å². The lowest BCUT2D eigenvalue weighted by Crippen LogP contribution is -2.51. The smallest absolute Gasteiger partial charge is 0.243 e. The molecule has 31 heavy (non-hydrogen) atoms. The maximum atomic E-state index is 12.2. The third-order valence-corrected chi connectivity index (χ3v) is 6.85. The number of aliphatic imine (C=N–C) groups is 1. The van der Waals surface area contributed by atoms with Gasteiger partial charge in [-0.15, -0.1) is 0 Å². The number of para-hydroxylation sites is 1. The molecule has 2 heterocycles. The molecule has 1 saturated carbocycles. The molecule has 0 bridgehead atoms. The Hall–Kier alpha value is -2.28. The number of nitrogens with zero attached hydrogens (tertiary/aromatic N) is 3. The zero-order chi connectivity index (χ0) is 21.6. The molecule has 3 aliphatic rings. The number of carbonyl (C=O) groups is 1. The number of likely N-dealkylation sites (tertiary alicyclic amines) is 1. The predicted molar refractivity (Wildman–Crippen MR) is 123 cm³/mol. The van der Waals surface area contributed by atoms with Gasteiger partial charge in [0.25, 0.3) is 0 Å². The average Bonchev–Trinajstić information content (AvgIpc) is 3.33. The number of amides is 1. The summed E-state index contributed by atoms with van der Waals surface area (Å²) in [5.41, 5.74) is 1.15. The van der Waals surface area contributed by atoms with Crippen LogP contribution in [0.5, 0.6) is 5.75 Å². The first-order chi connectivity index (χ1) is 15.1. The van der Waals surface area contributed by atoms with Crippen LogP contribution in [0.1, 0.15) is 56.6 Å². The van der Waals surface area contributed by atoms with Gasteiger partial charge < -0.3 is 25.2 Å². The fourth-order valence-electron chi connectivity index (χ4n) is 4.95. The normalized spacial score (nSPS) is 23.2. The van der Waals surface area contributed by atoms with Gasteiger partial charge in [0.1, 0.15) is 12.3 Å². The van der Waals surface area contributed by atoms with E-state index in [0.717, 1.165) is 55.7 Å². The summed E-state index contributed by atoms with van der Waals surface area (Å²) in [4.78, 5) is 21.1. The predicted octanol–water partition coefficient (Wildman–Crippen LogP) is 2.54. The monoisotopic (exact) mass is 427 g/mol. The highest BCUT2D eigenvalue weighted by molar-refractivity contribution is 5.85. The number of hydrogen-bond donors (Lipinski definition) is 2. The van der Waals surface area contributed by atoms with E-state index in [1.165, 1.54) is 25.7 Å². The molecule has 0 radical (unpaired) electrons. The quantitative estimate of drug-likeness (QED) is 0.558. The van der Waals surface area contributed by atoms with Crippen LogP contribution in [0.4, 0.5) is 0 Å². The van der Waals surface area contributed by atoms with Gasteiger partial charge in [0.2, 0.25) is 5.91 Å². The standard InChI is InChI=1S/C24H37N5O2/c1-28(2)23(30)17-25-24(27-21-13-16-31-22-10-6-5-9-20(21)22)26-18-11-14-29(15-12-18)19-7-3-4-8-19/h5-6,9-10,18-19,21H,3-4,7-8,11-17H2,1-2H3,(H2,25,26,27). The second kappa shape index (κ2) is 10.4. The number of piperidine rings is 1. The summed E-state index contributed by atoms with van der Waals surface area (Å²) in [6.07, 6.45) is 8.60. The molecular formula is C24H37N5O2. The molecule has 0 spiro atoms. The number of fused-ring (bicyclic) bond motifs is 1. The summed E-state index contributed by atoms with van der Waals surface area (Å²) >= 11 is 0. The number of ether oxygens (including phenoxy) is 1. The van der Waals surface area contributed by atoms with Crippen molar-refractivity contribution in [2.24, 2.45) is 4.99 Å². The van der Waals surface area contributed by atoms with Crippen LogP contribution in [0.2, 0.25) is 0 Å².